The highest BCUT2D eigenvalue weighted by Crippen LogP contribution is 2.14. The number of nitrogens with two attached hydrogens (primary N) is 1. The van der Waals surface area contributed by atoms with Crippen LogP contribution in [-0.2, 0) is 6.42 Å². The largest absolute Gasteiger partial charge is 0.328 e. The van der Waals surface area contributed by atoms with Crippen molar-refractivity contribution in [1.29, 1.82) is 0 Å². The Balaban J connectivity index is 2.53. The minimum atomic E-state index is 0.155. The molecule has 0 aliphatic carbocycles. The van der Waals surface area contributed by atoms with E-state index in [2.05, 4.69) is 16.0 Å². The van der Waals surface area contributed by atoms with Gasteiger partial charge in [-0.1, -0.05) is 12.1 Å². The Morgan fingerprint density at radius 3 is 2.86 bits per heavy atom. The summed E-state index contributed by atoms with van der Waals surface area (Å²) in [6.07, 6.45) is 4.26. The highest BCUT2D eigenvalue weighted by Gasteiger charge is 2.04. The summed E-state index contributed by atoms with van der Waals surface area (Å²) in [5.74, 6) is 0. The topological polar surface area (TPSA) is 51.8 Å². The summed E-state index contributed by atoms with van der Waals surface area (Å²) < 4.78 is 0. The van der Waals surface area contributed by atoms with E-state index in [4.69, 9.17) is 5.73 Å². The summed E-state index contributed by atoms with van der Waals surface area (Å²) in [4.78, 5) is 8.56. The molecule has 0 fully saturated rings. The summed E-state index contributed by atoms with van der Waals surface area (Å²) in [5.41, 5.74) is 8.84. The summed E-state index contributed by atoms with van der Waals surface area (Å²) in [7, 11) is 0. The van der Waals surface area contributed by atoms with Gasteiger partial charge in [0.1, 0.15) is 0 Å². The molecule has 2 rings (SSSR count). The van der Waals surface area contributed by atoms with Gasteiger partial charge in [-0.2, -0.15) is 0 Å². The summed E-state index contributed by atoms with van der Waals surface area (Å²) in [6.45, 7) is 2.00. The molecule has 3 nitrogen and oxygen atoms in total. The van der Waals surface area contributed by atoms with E-state index in [0.717, 1.165) is 17.5 Å². The average Bonchev–Trinajstić information content (AvgIpc) is 2.18. The van der Waals surface area contributed by atoms with Crippen molar-refractivity contribution in [2.45, 2.75) is 19.4 Å². The number of rotatable bonds is 2. The molecule has 2 N–H and O–H groups in total. The molecule has 1 aromatic heterocycles. The number of aromatic nitrogens is 2. The van der Waals surface area contributed by atoms with E-state index in [0.29, 0.717) is 0 Å². The van der Waals surface area contributed by atoms with Crippen LogP contribution in [0.5, 0.6) is 0 Å². The van der Waals surface area contributed by atoms with E-state index in [1.807, 2.05) is 19.1 Å². The normalized spacial score (nSPS) is 13.0. The molecule has 0 saturated heterocycles. The zero-order valence-electron chi connectivity index (χ0n) is 8.14. The van der Waals surface area contributed by atoms with E-state index < -0.39 is 0 Å². The van der Waals surface area contributed by atoms with Crippen molar-refractivity contribution in [1.82, 2.24) is 9.97 Å². The molecule has 0 aliphatic rings. The summed E-state index contributed by atoms with van der Waals surface area (Å²) in [5, 5.41) is 0. The van der Waals surface area contributed by atoms with Gasteiger partial charge in [-0.15, -0.1) is 0 Å². The fourth-order valence-electron chi connectivity index (χ4n) is 1.56. The molecule has 0 spiro atoms. The standard InChI is InChI=1S/C11H13N3/c1-8(12)7-9-3-2-4-10-11(9)14-6-5-13-10/h2-6,8H,7,12H2,1H3. The van der Waals surface area contributed by atoms with Crippen LogP contribution in [0.3, 0.4) is 0 Å². The fourth-order valence-corrected chi connectivity index (χ4v) is 1.56. The van der Waals surface area contributed by atoms with E-state index in [1.54, 1.807) is 12.4 Å². The van der Waals surface area contributed by atoms with Gasteiger partial charge < -0.3 is 5.73 Å². The minimum absolute atomic E-state index is 0.155. The molecule has 2 aromatic rings. The summed E-state index contributed by atoms with van der Waals surface area (Å²) in [6, 6.07) is 6.17. The number of hydrogen-bond acceptors (Lipinski definition) is 3. The predicted octanol–water partition coefficient (Wildman–Crippen LogP) is 1.52. The number of benzene rings is 1. The predicted molar refractivity (Wildman–Crippen MR) is 56.9 cm³/mol. The van der Waals surface area contributed by atoms with Crippen molar-refractivity contribution in [2.24, 2.45) is 5.73 Å². The zero-order chi connectivity index (χ0) is 9.97. The van der Waals surface area contributed by atoms with Gasteiger partial charge in [0.2, 0.25) is 0 Å². The third-order valence-corrected chi connectivity index (χ3v) is 2.12. The third-order valence-electron chi connectivity index (χ3n) is 2.12. The van der Waals surface area contributed by atoms with Crippen molar-refractivity contribution in [3.05, 3.63) is 36.2 Å². The third kappa shape index (κ3) is 1.72. The Morgan fingerprint density at radius 2 is 2.07 bits per heavy atom. The van der Waals surface area contributed by atoms with Crippen LogP contribution < -0.4 is 5.73 Å². The van der Waals surface area contributed by atoms with Crippen LogP contribution in [0.15, 0.2) is 30.6 Å². The van der Waals surface area contributed by atoms with Gasteiger partial charge in [0.05, 0.1) is 11.0 Å². The molecule has 72 valence electrons. The molecule has 0 bridgehead atoms. The maximum absolute atomic E-state index is 5.77. The Labute approximate surface area is 83.0 Å². The Kier molecular flexibility index (Phi) is 2.41. The molecule has 1 aromatic carbocycles. The molecule has 0 radical (unpaired) electrons. The van der Waals surface area contributed by atoms with Crippen molar-refractivity contribution in [2.75, 3.05) is 0 Å². The smallest absolute Gasteiger partial charge is 0.0919 e. The second kappa shape index (κ2) is 3.72. The maximum Gasteiger partial charge on any atom is 0.0919 e. The number of nitrogens with zero attached hydrogens (tertiary/aromatic N) is 2. The summed E-state index contributed by atoms with van der Waals surface area (Å²) >= 11 is 0. The maximum atomic E-state index is 5.77. The molecular formula is C11H13N3. The minimum Gasteiger partial charge on any atom is -0.328 e. The zero-order valence-corrected chi connectivity index (χ0v) is 8.14. The Morgan fingerprint density at radius 1 is 1.29 bits per heavy atom. The molecule has 1 atom stereocenters. The van der Waals surface area contributed by atoms with Crippen molar-refractivity contribution in [3.63, 3.8) is 0 Å². The van der Waals surface area contributed by atoms with Crippen LogP contribution in [-0.4, -0.2) is 16.0 Å². The first-order valence-electron chi connectivity index (χ1n) is 4.71. The number of para-hydroxylation sites is 1. The first-order chi connectivity index (χ1) is 6.77. The molecule has 14 heavy (non-hydrogen) atoms. The highest BCUT2D eigenvalue weighted by molar-refractivity contribution is 5.77. The van der Waals surface area contributed by atoms with Crippen LogP contribution in [0.1, 0.15) is 12.5 Å². The Bertz CT molecular complexity index is 432. The lowest BCUT2D eigenvalue weighted by atomic mass is 10.1. The van der Waals surface area contributed by atoms with Gasteiger partial charge in [0.25, 0.3) is 0 Å². The molecular weight excluding hydrogens is 174 g/mol. The lowest BCUT2D eigenvalue weighted by molar-refractivity contribution is 0.740. The van der Waals surface area contributed by atoms with Gasteiger partial charge in [0, 0.05) is 18.4 Å². The van der Waals surface area contributed by atoms with E-state index in [9.17, 15) is 0 Å². The van der Waals surface area contributed by atoms with Crippen LogP contribution >= 0.6 is 0 Å². The van der Waals surface area contributed by atoms with E-state index in [1.165, 1.54) is 5.56 Å². The number of fused-ring (bicyclic) bond motifs is 1. The van der Waals surface area contributed by atoms with Gasteiger partial charge in [-0.05, 0) is 25.0 Å². The monoisotopic (exact) mass is 187 g/mol. The van der Waals surface area contributed by atoms with E-state index in [-0.39, 0.29) is 6.04 Å². The molecule has 3 heteroatoms. The van der Waals surface area contributed by atoms with Crippen LogP contribution in [0, 0.1) is 0 Å². The van der Waals surface area contributed by atoms with Crippen LogP contribution in [0.25, 0.3) is 11.0 Å². The fraction of sp³-hybridized carbons (Fsp3) is 0.273. The van der Waals surface area contributed by atoms with Crippen molar-refractivity contribution < 1.29 is 0 Å². The van der Waals surface area contributed by atoms with Crippen molar-refractivity contribution in [3.8, 4) is 0 Å². The molecule has 1 unspecified atom stereocenters. The average molecular weight is 187 g/mol. The first kappa shape index (κ1) is 9.09. The van der Waals surface area contributed by atoms with Gasteiger partial charge in [-0.25, -0.2) is 0 Å². The van der Waals surface area contributed by atoms with Gasteiger partial charge >= 0.3 is 0 Å². The molecule has 1 heterocycles. The highest BCUT2D eigenvalue weighted by atomic mass is 14.8. The molecule has 0 amide bonds. The second-order valence-electron chi connectivity index (χ2n) is 3.52. The molecule has 0 saturated carbocycles. The first-order valence-corrected chi connectivity index (χ1v) is 4.71. The number of hydrogen-bond donors (Lipinski definition) is 1. The second-order valence-corrected chi connectivity index (χ2v) is 3.52. The molecule has 0 aliphatic heterocycles. The quantitative estimate of drug-likeness (QED) is 0.775. The van der Waals surface area contributed by atoms with Crippen LogP contribution in [0.4, 0.5) is 0 Å². The van der Waals surface area contributed by atoms with Gasteiger partial charge in [0.15, 0.2) is 0 Å². The van der Waals surface area contributed by atoms with Crippen molar-refractivity contribution >= 4 is 11.0 Å². The van der Waals surface area contributed by atoms with E-state index >= 15 is 0 Å². The Hall–Kier alpha value is -1.48. The lowest BCUT2D eigenvalue weighted by Crippen LogP contribution is -2.18. The van der Waals surface area contributed by atoms with Gasteiger partial charge in [-0.3, -0.25) is 9.97 Å². The lowest BCUT2D eigenvalue weighted by Gasteiger charge is -2.07. The SMILES string of the molecule is CC(N)Cc1cccc2nccnc12. The van der Waals surface area contributed by atoms with Crippen LogP contribution in [0.2, 0.25) is 0 Å².